The zero-order valence-corrected chi connectivity index (χ0v) is 21.9. The van der Waals surface area contributed by atoms with Gasteiger partial charge in [0.2, 0.25) is 0 Å². The molecule has 0 spiro atoms. The average molecular weight is 516 g/mol. The predicted molar refractivity (Wildman–Crippen MR) is 146 cm³/mol. The van der Waals surface area contributed by atoms with Crippen LogP contribution in [0.15, 0.2) is 60.7 Å². The number of nitrogens with zero attached hydrogens (tertiary/aromatic N) is 1. The summed E-state index contributed by atoms with van der Waals surface area (Å²) in [6.45, 7) is 7.35. The number of likely N-dealkylation sites (tertiary alicyclic amines) is 1. The Morgan fingerprint density at radius 2 is 1.79 bits per heavy atom. The highest BCUT2D eigenvalue weighted by Crippen LogP contribution is 2.56. The number of fused-ring (bicyclic) bond motifs is 1. The molecule has 0 amide bonds. The molecular weight excluding hydrogens is 481 g/mol. The summed E-state index contributed by atoms with van der Waals surface area (Å²) >= 11 is 0. The normalized spacial score (nSPS) is 22.2. The van der Waals surface area contributed by atoms with E-state index in [1.807, 2.05) is 24.3 Å². The molecule has 3 aromatic rings. The highest BCUT2D eigenvalue weighted by molar-refractivity contribution is 5.98. The van der Waals surface area contributed by atoms with E-state index in [9.17, 15) is 10.2 Å². The van der Waals surface area contributed by atoms with Gasteiger partial charge in [0.05, 0.1) is 0 Å². The Hall–Kier alpha value is -3.51. The van der Waals surface area contributed by atoms with Gasteiger partial charge in [-0.25, -0.2) is 4.39 Å². The number of phenolic OH excluding ortho intramolecular Hbond substituents is 2. The summed E-state index contributed by atoms with van der Waals surface area (Å²) in [5, 5.41) is 20.4. The molecule has 0 radical (unpaired) electrons. The molecule has 3 aliphatic rings. The zero-order valence-electron chi connectivity index (χ0n) is 21.9. The number of rotatable bonds is 7. The van der Waals surface area contributed by atoms with Crippen molar-refractivity contribution in [3.8, 4) is 23.0 Å². The van der Waals surface area contributed by atoms with E-state index in [1.54, 1.807) is 30.3 Å². The van der Waals surface area contributed by atoms with Crippen LogP contribution < -0.4 is 9.47 Å². The van der Waals surface area contributed by atoms with Gasteiger partial charge in [-0.05, 0) is 92.1 Å². The van der Waals surface area contributed by atoms with Gasteiger partial charge >= 0.3 is 0 Å². The van der Waals surface area contributed by atoms with Crippen molar-refractivity contribution in [1.82, 2.24) is 4.90 Å². The fourth-order valence-electron chi connectivity index (χ4n) is 5.79. The standard InChI is InChI=1S/C32H34FNO4/c1-19-14-15-34(17-19)20(2)18-37-24-11-8-22(9-12-24)32-30(25-4-3-5-27(36)31(25)33)29(21-6-7-21)26-16-23(35)10-13-28(26)38-32/h3-5,8-13,16,19-21,32,35-36H,6-7,14-15,17-18H2,1-2H3/t19-,20+,32?/m1/s1. The maximum atomic E-state index is 15.4. The third kappa shape index (κ3) is 4.73. The minimum Gasteiger partial charge on any atom is -0.508 e. The maximum Gasteiger partial charge on any atom is 0.172 e. The van der Waals surface area contributed by atoms with E-state index in [2.05, 4.69) is 18.7 Å². The predicted octanol–water partition coefficient (Wildman–Crippen LogP) is 6.80. The Bertz CT molecular complexity index is 1360. The first-order chi connectivity index (χ1) is 18.4. The van der Waals surface area contributed by atoms with Crippen molar-refractivity contribution in [3.05, 3.63) is 83.2 Å². The van der Waals surface area contributed by atoms with E-state index in [-0.39, 0.29) is 11.7 Å². The minimum atomic E-state index is -0.664. The Kier molecular flexibility index (Phi) is 6.52. The molecule has 38 heavy (non-hydrogen) atoms. The van der Waals surface area contributed by atoms with Crippen LogP contribution in [0.5, 0.6) is 23.0 Å². The fourth-order valence-corrected chi connectivity index (χ4v) is 5.79. The van der Waals surface area contributed by atoms with E-state index in [0.29, 0.717) is 29.5 Å². The van der Waals surface area contributed by atoms with Crippen molar-refractivity contribution < 1.29 is 24.1 Å². The van der Waals surface area contributed by atoms with E-state index < -0.39 is 17.7 Å². The Balaban J connectivity index is 1.34. The molecule has 0 aromatic heterocycles. The molecule has 2 heterocycles. The molecule has 2 N–H and O–H groups in total. The van der Waals surface area contributed by atoms with Crippen LogP contribution in [0.2, 0.25) is 0 Å². The molecule has 6 rings (SSSR count). The summed E-state index contributed by atoms with van der Waals surface area (Å²) in [4.78, 5) is 2.48. The molecule has 1 aliphatic carbocycles. The third-order valence-electron chi connectivity index (χ3n) is 8.06. The first-order valence-corrected chi connectivity index (χ1v) is 13.6. The average Bonchev–Trinajstić information content (AvgIpc) is 3.67. The van der Waals surface area contributed by atoms with Gasteiger partial charge < -0.3 is 19.7 Å². The summed E-state index contributed by atoms with van der Waals surface area (Å²) < 4.78 is 28.0. The summed E-state index contributed by atoms with van der Waals surface area (Å²) in [5.41, 5.74) is 3.65. The van der Waals surface area contributed by atoms with Crippen molar-refractivity contribution in [2.45, 2.75) is 45.3 Å². The van der Waals surface area contributed by atoms with Gasteiger partial charge in [-0.3, -0.25) is 4.90 Å². The molecule has 2 aliphatic heterocycles. The van der Waals surface area contributed by atoms with Crippen molar-refractivity contribution in [2.75, 3.05) is 19.7 Å². The lowest BCUT2D eigenvalue weighted by Crippen LogP contribution is -2.35. The second-order valence-electron chi connectivity index (χ2n) is 11.0. The summed E-state index contributed by atoms with van der Waals surface area (Å²) in [6.07, 6.45) is 2.64. The second kappa shape index (κ2) is 9.99. The van der Waals surface area contributed by atoms with Gasteiger partial charge in [0.1, 0.15) is 30.0 Å². The number of benzene rings is 3. The Morgan fingerprint density at radius 3 is 2.50 bits per heavy atom. The van der Waals surface area contributed by atoms with E-state index in [1.165, 1.54) is 12.5 Å². The quantitative estimate of drug-likeness (QED) is 0.362. The number of allylic oxidation sites excluding steroid dienone is 1. The van der Waals surface area contributed by atoms with Crippen LogP contribution in [0.4, 0.5) is 4.39 Å². The van der Waals surface area contributed by atoms with Crippen LogP contribution in [0.1, 0.15) is 55.9 Å². The SMILES string of the molecule is C[C@@H]1CCN([C@@H](C)COc2ccc(C3Oc4ccc(O)cc4C(C4CC4)=C3c3cccc(O)c3F)cc2)C1. The molecule has 0 bridgehead atoms. The molecule has 3 atom stereocenters. The van der Waals surface area contributed by atoms with Crippen molar-refractivity contribution in [2.24, 2.45) is 11.8 Å². The van der Waals surface area contributed by atoms with Gasteiger partial charge in [0, 0.05) is 29.3 Å². The minimum absolute atomic E-state index is 0.138. The number of halogens is 1. The molecule has 6 heteroatoms. The lowest BCUT2D eigenvalue weighted by Gasteiger charge is -2.32. The molecular formula is C32H34FNO4. The van der Waals surface area contributed by atoms with Crippen LogP contribution in [0.25, 0.3) is 11.1 Å². The summed E-state index contributed by atoms with van der Waals surface area (Å²) in [6, 6.07) is 17.9. The fraction of sp³-hybridized carbons (Fsp3) is 0.375. The smallest absolute Gasteiger partial charge is 0.172 e. The highest BCUT2D eigenvalue weighted by atomic mass is 19.1. The van der Waals surface area contributed by atoms with Gasteiger partial charge in [0.15, 0.2) is 11.6 Å². The molecule has 198 valence electrons. The monoisotopic (exact) mass is 515 g/mol. The number of phenols is 2. The van der Waals surface area contributed by atoms with Crippen molar-refractivity contribution in [1.29, 1.82) is 0 Å². The molecule has 5 nitrogen and oxygen atoms in total. The summed E-state index contributed by atoms with van der Waals surface area (Å²) in [7, 11) is 0. The van der Waals surface area contributed by atoms with Gasteiger partial charge in [0.25, 0.3) is 0 Å². The van der Waals surface area contributed by atoms with E-state index in [4.69, 9.17) is 9.47 Å². The molecule has 2 fully saturated rings. The van der Waals surface area contributed by atoms with E-state index in [0.717, 1.165) is 54.3 Å². The molecule has 1 unspecified atom stereocenters. The maximum absolute atomic E-state index is 15.4. The highest BCUT2D eigenvalue weighted by Gasteiger charge is 2.39. The van der Waals surface area contributed by atoms with Gasteiger partial charge in [-0.2, -0.15) is 0 Å². The second-order valence-corrected chi connectivity index (χ2v) is 11.0. The van der Waals surface area contributed by atoms with Crippen LogP contribution in [-0.2, 0) is 0 Å². The van der Waals surface area contributed by atoms with Crippen LogP contribution in [0.3, 0.4) is 0 Å². The zero-order chi connectivity index (χ0) is 26.4. The largest absolute Gasteiger partial charge is 0.508 e. The van der Waals surface area contributed by atoms with E-state index >= 15 is 4.39 Å². The number of ether oxygens (including phenoxy) is 2. The van der Waals surface area contributed by atoms with Crippen molar-refractivity contribution in [3.63, 3.8) is 0 Å². The van der Waals surface area contributed by atoms with Crippen molar-refractivity contribution >= 4 is 11.1 Å². The topological polar surface area (TPSA) is 62.2 Å². The first-order valence-electron chi connectivity index (χ1n) is 13.6. The molecule has 3 aromatic carbocycles. The number of hydrogen-bond acceptors (Lipinski definition) is 5. The molecule has 1 saturated heterocycles. The van der Waals surface area contributed by atoms with Gasteiger partial charge in [-0.1, -0.05) is 31.2 Å². The van der Waals surface area contributed by atoms with Crippen LogP contribution in [0, 0.1) is 17.7 Å². The van der Waals surface area contributed by atoms with Gasteiger partial charge in [-0.15, -0.1) is 0 Å². The van der Waals surface area contributed by atoms with Crippen LogP contribution >= 0.6 is 0 Å². The lowest BCUT2D eigenvalue weighted by atomic mass is 9.83. The third-order valence-corrected chi connectivity index (χ3v) is 8.06. The number of aromatic hydroxyl groups is 2. The Labute approximate surface area is 223 Å². The first kappa shape index (κ1) is 24.8. The Morgan fingerprint density at radius 1 is 1.00 bits per heavy atom. The number of hydrogen-bond donors (Lipinski definition) is 2. The molecule has 1 saturated carbocycles. The summed E-state index contributed by atoms with van der Waals surface area (Å²) in [5.74, 6) is 1.51. The lowest BCUT2D eigenvalue weighted by molar-refractivity contribution is 0.169. The van der Waals surface area contributed by atoms with Crippen LogP contribution in [-0.4, -0.2) is 40.9 Å².